The Morgan fingerprint density at radius 2 is 2.04 bits per heavy atom. The van der Waals surface area contributed by atoms with Gasteiger partial charge >= 0.3 is 0 Å². The van der Waals surface area contributed by atoms with Gasteiger partial charge in [-0.1, -0.05) is 23.4 Å². The molecule has 6 heteroatoms. The fraction of sp³-hybridized carbons (Fsp3) is 0.263. The first-order valence-corrected chi connectivity index (χ1v) is 9.22. The molecule has 1 heterocycles. The molecule has 0 saturated heterocycles. The van der Waals surface area contributed by atoms with Gasteiger partial charge in [-0.25, -0.2) is 0 Å². The van der Waals surface area contributed by atoms with Crippen LogP contribution < -0.4 is 5.32 Å². The molecule has 0 fully saturated rings. The molecule has 0 saturated carbocycles. The molecule has 130 valence electrons. The van der Waals surface area contributed by atoms with Crippen LogP contribution in [0.5, 0.6) is 0 Å². The van der Waals surface area contributed by atoms with Crippen molar-refractivity contribution in [3.8, 4) is 0 Å². The Hall–Kier alpha value is -1.82. The quantitative estimate of drug-likeness (QED) is 0.771. The fourth-order valence-corrected chi connectivity index (χ4v) is 3.79. The Morgan fingerprint density at radius 3 is 2.84 bits per heavy atom. The number of aliphatic imine (C=N–C) groups is 1. The van der Waals surface area contributed by atoms with E-state index in [1.54, 1.807) is 18.9 Å². The lowest BCUT2D eigenvalue weighted by Crippen LogP contribution is -2.25. The minimum atomic E-state index is -0.0958. The Balaban J connectivity index is 1.85. The number of hydrogen-bond acceptors (Lipinski definition) is 4. The van der Waals surface area contributed by atoms with Gasteiger partial charge in [0.1, 0.15) is 0 Å². The van der Waals surface area contributed by atoms with Crippen molar-refractivity contribution in [2.24, 2.45) is 4.99 Å². The van der Waals surface area contributed by atoms with E-state index in [4.69, 9.17) is 21.3 Å². The van der Waals surface area contributed by atoms with Gasteiger partial charge < -0.3 is 10.1 Å². The molecule has 4 nitrogen and oxygen atoms in total. The molecule has 0 bridgehead atoms. The standard InChI is InChI=1S/C19H19ClN2O2S/c1-12-15-11-14(20)5-7-17(15)25-18-6-4-13(10-16(18)22-12)19(23)21-8-3-9-24-2/h4-7,10-11H,3,8-9H2,1-2H3,(H,21,23). The minimum Gasteiger partial charge on any atom is -0.385 e. The maximum atomic E-state index is 12.3. The van der Waals surface area contributed by atoms with Crippen molar-refractivity contribution in [1.29, 1.82) is 0 Å². The van der Waals surface area contributed by atoms with E-state index < -0.39 is 0 Å². The molecule has 0 radical (unpaired) electrons. The lowest BCUT2D eigenvalue weighted by Gasteiger charge is -2.08. The molecule has 2 aromatic carbocycles. The number of nitrogens with one attached hydrogen (secondary N) is 1. The number of halogens is 1. The second-order valence-electron chi connectivity index (χ2n) is 5.72. The van der Waals surface area contributed by atoms with Crippen LogP contribution in [0.25, 0.3) is 0 Å². The van der Waals surface area contributed by atoms with Gasteiger partial charge in [0.05, 0.1) is 5.69 Å². The van der Waals surface area contributed by atoms with Gasteiger partial charge in [-0.2, -0.15) is 0 Å². The topological polar surface area (TPSA) is 50.7 Å². The Bertz CT molecular complexity index is 836. The molecule has 0 unspecified atom stereocenters. The maximum Gasteiger partial charge on any atom is 0.251 e. The van der Waals surface area contributed by atoms with Crippen LogP contribution in [0.1, 0.15) is 29.3 Å². The first-order valence-electron chi connectivity index (χ1n) is 8.03. The van der Waals surface area contributed by atoms with Crippen LogP contribution in [0.4, 0.5) is 5.69 Å². The van der Waals surface area contributed by atoms with Crippen LogP contribution >= 0.6 is 23.4 Å². The van der Waals surface area contributed by atoms with Crippen LogP contribution in [0, 0.1) is 0 Å². The average Bonchev–Trinajstić information content (AvgIpc) is 2.74. The van der Waals surface area contributed by atoms with E-state index in [0.717, 1.165) is 33.2 Å². The van der Waals surface area contributed by atoms with E-state index in [9.17, 15) is 4.79 Å². The third-order valence-corrected chi connectivity index (χ3v) is 5.25. The maximum absolute atomic E-state index is 12.3. The largest absolute Gasteiger partial charge is 0.385 e. The van der Waals surface area contributed by atoms with E-state index >= 15 is 0 Å². The van der Waals surface area contributed by atoms with Crippen LogP contribution in [0.3, 0.4) is 0 Å². The van der Waals surface area contributed by atoms with Crippen molar-refractivity contribution in [2.45, 2.75) is 23.1 Å². The highest BCUT2D eigenvalue weighted by Gasteiger charge is 2.17. The number of benzene rings is 2. The van der Waals surface area contributed by atoms with E-state index in [2.05, 4.69) is 5.32 Å². The highest BCUT2D eigenvalue weighted by atomic mass is 35.5. The first-order chi connectivity index (χ1) is 12.1. The number of ether oxygens (including phenoxy) is 1. The third kappa shape index (κ3) is 4.24. The second kappa shape index (κ2) is 8.04. The Morgan fingerprint density at radius 1 is 1.24 bits per heavy atom. The van der Waals surface area contributed by atoms with E-state index in [1.807, 2.05) is 43.3 Å². The summed E-state index contributed by atoms with van der Waals surface area (Å²) in [6, 6.07) is 11.4. The summed E-state index contributed by atoms with van der Waals surface area (Å²) in [6.07, 6.45) is 0.788. The summed E-state index contributed by atoms with van der Waals surface area (Å²) in [6.45, 7) is 3.18. The highest BCUT2D eigenvalue weighted by molar-refractivity contribution is 7.99. The van der Waals surface area contributed by atoms with Crippen LogP contribution in [-0.4, -0.2) is 31.9 Å². The zero-order valence-corrected chi connectivity index (χ0v) is 15.7. The molecular formula is C19H19ClN2O2S. The molecule has 1 N–H and O–H groups in total. The molecule has 2 aromatic rings. The molecule has 1 aliphatic rings. The monoisotopic (exact) mass is 374 g/mol. The van der Waals surface area contributed by atoms with Crippen molar-refractivity contribution < 1.29 is 9.53 Å². The third-order valence-electron chi connectivity index (χ3n) is 3.87. The zero-order chi connectivity index (χ0) is 17.8. The molecule has 25 heavy (non-hydrogen) atoms. The van der Waals surface area contributed by atoms with Crippen LogP contribution in [0.2, 0.25) is 5.02 Å². The smallest absolute Gasteiger partial charge is 0.251 e. The average molecular weight is 375 g/mol. The number of fused-ring (bicyclic) bond motifs is 2. The van der Waals surface area contributed by atoms with Gasteiger partial charge in [0, 0.05) is 51.9 Å². The van der Waals surface area contributed by atoms with Crippen molar-refractivity contribution >= 4 is 40.7 Å². The molecule has 1 aliphatic heterocycles. The Kier molecular flexibility index (Phi) is 5.78. The number of nitrogens with zero attached hydrogens (tertiary/aromatic N) is 1. The lowest BCUT2D eigenvalue weighted by molar-refractivity contribution is 0.0948. The number of hydrogen-bond donors (Lipinski definition) is 1. The summed E-state index contributed by atoms with van der Waals surface area (Å²) in [5, 5.41) is 3.59. The van der Waals surface area contributed by atoms with Crippen molar-refractivity contribution in [3.05, 3.63) is 52.5 Å². The number of amides is 1. The molecule has 0 aromatic heterocycles. The second-order valence-corrected chi connectivity index (χ2v) is 7.24. The predicted molar refractivity (Wildman–Crippen MR) is 103 cm³/mol. The Labute approximate surface area is 156 Å². The van der Waals surface area contributed by atoms with Crippen molar-refractivity contribution in [3.63, 3.8) is 0 Å². The summed E-state index contributed by atoms with van der Waals surface area (Å²) >= 11 is 7.76. The van der Waals surface area contributed by atoms with Gasteiger partial charge in [0.25, 0.3) is 5.91 Å². The number of carbonyl (C=O) groups is 1. The summed E-state index contributed by atoms with van der Waals surface area (Å²) in [7, 11) is 1.65. The lowest BCUT2D eigenvalue weighted by atomic mass is 10.1. The van der Waals surface area contributed by atoms with Crippen molar-refractivity contribution in [1.82, 2.24) is 5.32 Å². The van der Waals surface area contributed by atoms with E-state index in [0.29, 0.717) is 23.7 Å². The molecular weight excluding hydrogens is 356 g/mol. The van der Waals surface area contributed by atoms with E-state index in [-0.39, 0.29) is 5.91 Å². The van der Waals surface area contributed by atoms with Crippen LogP contribution in [-0.2, 0) is 4.74 Å². The van der Waals surface area contributed by atoms with Crippen molar-refractivity contribution in [2.75, 3.05) is 20.3 Å². The molecule has 0 spiro atoms. The number of carbonyl (C=O) groups excluding carboxylic acids is 1. The number of rotatable bonds is 5. The normalized spacial score (nSPS) is 12.7. The highest BCUT2D eigenvalue weighted by Crippen LogP contribution is 2.41. The van der Waals surface area contributed by atoms with Gasteiger partial charge in [-0.05, 0) is 49.7 Å². The molecule has 0 aliphatic carbocycles. The predicted octanol–water partition coefficient (Wildman–Crippen LogP) is 4.71. The summed E-state index contributed by atoms with van der Waals surface area (Å²) in [5.41, 5.74) is 3.33. The zero-order valence-electron chi connectivity index (χ0n) is 14.1. The fourth-order valence-electron chi connectivity index (χ4n) is 2.59. The molecule has 0 atom stereocenters. The van der Waals surface area contributed by atoms with Gasteiger partial charge in [0.2, 0.25) is 0 Å². The summed E-state index contributed by atoms with van der Waals surface area (Å²) in [4.78, 5) is 19.1. The number of methoxy groups -OCH3 is 1. The minimum absolute atomic E-state index is 0.0958. The van der Waals surface area contributed by atoms with Crippen LogP contribution in [0.15, 0.2) is 51.2 Å². The van der Waals surface area contributed by atoms with Gasteiger partial charge in [-0.15, -0.1) is 0 Å². The molecule has 1 amide bonds. The SMILES string of the molecule is COCCCNC(=O)c1ccc2c(c1)N=C(C)c1cc(Cl)ccc1S2. The molecule has 3 rings (SSSR count). The first kappa shape index (κ1) is 18.0. The summed E-state index contributed by atoms with van der Waals surface area (Å²) in [5.74, 6) is -0.0958. The van der Waals surface area contributed by atoms with Gasteiger partial charge in [-0.3, -0.25) is 9.79 Å². The van der Waals surface area contributed by atoms with E-state index in [1.165, 1.54) is 0 Å². The summed E-state index contributed by atoms with van der Waals surface area (Å²) < 4.78 is 4.99. The van der Waals surface area contributed by atoms with Gasteiger partial charge in [0.15, 0.2) is 0 Å².